The normalized spacial score (nSPS) is 26.9. The molecule has 1 fully saturated rings. The van der Waals surface area contributed by atoms with Crippen LogP contribution < -0.4 is 11.1 Å². The second-order valence-electron chi connectivity index (χ2n) is 6.22. The van der Waals surface area contributed by atoms with Crippen molar-refractivity contribution in [3.05, 3.63) is 0 Å². The standard InChI is InChI=1S/C15H30N2O.ClH/c1-11(2)13-7-6-12(3)10-14(13)15(18)17-9-5-4-8-16;/h11-14H,4-10,16H2,1-3H3,(H,17,18);1H/t12-,13+,14-;/m1./s1. The molecule has 1 amide bonds. The number of amides is 1. The molecule has 0 saturated heterocycles. The second-order valence-corrected chi connectivity index (χ2v) is 6.22. The lowest BCUT2D eigenvalue weighted by molar-refractivity contribution is -0.129. The van der Waals surface area contributed by atoms with Crippen molar-refractivity contribution in [3.8, 4) is 0 Å². The van der Waals surface area contributed by atoms with Crippen molar-refractivity contribution >= 4 is 18.3 Å². The van der Waals surface area contributed by atoms with E-state index in [1.54, 1.807) is 0 Å². The predicted molar refractivity (Wildman–Crippen MR) is 83.4 cm³/mol. The Morgan fingerprint density at radius 3 is 2.58 bits per heavy atom. The Morgan fingerprint density at radius 2 is 2.00 bits per heavy atom. The molecule has 1 aliphatic carbocycles. The number of unbranched alkanes of at least 4 members (excludes halogenated alkanes) is 1. The number of carbonyl (C=O) groups is 1. The van der Waals surface area contributed by atoms with Gasteiger partial charge in [0, 0.05) is 12.5 Å². The molecule has 0 heterocycles. The van der Waals surface area contributed by atoms with Crippen LogP contribution >= 0.6 is 12.4 Å². The molecule has 1 saturated carbocycles. The molecular weight excluding hydrogens is 260 g/mol. The lowest BCUT2D eigenvalue weighted by Gasteiger charge is -2.36. The second kappa shape index (κ2) is 9.60. The molecular formula is C15H31ClN2O. The zero-order chi connectivity index (χ0) is 13.5. The highest BCUT2D eigenvalue weighted by Gasteiger charge is 2.34. The van der Waals surface area contributed by atoms with Gasteiger partial charge in [0.25, 0.3) is 0 Å². The topological polar surface area (TPSA) is 55.1 Å². The Hall–Kier alpha value is -0.280. The number of rotatable bonds is 6. The lowest BCUT2D eigenvalue weighted by Crippen LogP contribution is -2.40. The molecule has 4 heteroatoms. The Bertz CT molecular complexity index is 259. The van der Waals surface area contributed by atoms with Gasteiger partial charge in [-0.1, -0.05) is 27.2 Å². The van der Waals surface area contributed by atoms with Gasteiger partial charge in [-0.2, -0.15) is 0 Å². The largest absolute Gasteiger partial charge is 0.356 e. The van der Waals surface area contributed by atoms with E-state index < -0.39 is 0 Å². The molecule has 0 aromatic rings. The van der Waals surface area contributed by atoms with E-state index in [0.717, 1.165) is 25.8 Å². The van der Waals surface area contributed by atoms with Crippen molar-refractivity contribution in [3.63, 3.8) is 0 Å². The van der Waals surface area contributed by atoms with E-state index in [0.29, 0.717) is 24.3 Å². The highest BCUT2D eigenvalue weighted by molar-refractivity contribution is 5.85. The van der Waals surface area contributed by atoms with E-state index in [-0.39, 0.29) is 24.2 Å². The van der Waals surface area contributed by atoms with Gasteiger partial charge < -0.3 is 11.1 Å². The SMILES string of the molecule is CC(C)[C@@H]1CC[C@@H](C)C[C@H]1C(=O)NCCCCN.Cl. The summed E-state index contributed by atoms with van der Waals surface area (Å²) in [6.45, 7) is 8.26. The molecule has 0 bridgehead atoms. The van der Waals surface area contributed by atoms with Gasteiger partial charge in [-0.25, -0.2) is 0 Å². The number of hydrogen-bond donors (Lipinski definition) is 2. The number of nitrogens with one attached hydrogen (secondary N) is 1. The van der Waals surface area contributed by atoms with Crippen LogP contribution in [-0.2, 0) is 4.79 Å². The maximum atomic E-state index is 12.3. The van der Waals surface area contributed by atoms with Crippen LogP contribution in [0.25, 0.3) is 0 Å². The lowest BCUT2D eigenvalue weighted by atomic mass is 9.70. The number of nitrogens with two attached hydrogens (primary N) is 1. The quantitative estimate of drug-likeness (QED) is 0.739. The Labute approximate surface area is 124 Å². The first-order valence-electron chi connectivity index (χ1n) is 7.54. The fourth-order valence-corrected chi connectivity index (χ4v) is 3.12. The molecule has 114 valence electrons. The summed E-state index contributed by atoms with van der Waals surface area (Å²) in [5.41, 5.74) is 5.46. The number of hydrogen-bond acceptors (Lipinski definition) is 2. The smallest absolute Gasteiger partial charge is 0.223 e. The first kappa shape index (κ1) is 18.7. The van der Waals surface area contributed by atoms with Gasteiger partial charge in [0.1, 0.15) is 0 Å². The minimum atomic E-state index is 0. The zero-order valence-corrected chi connectivity index (χ0v) is 13.5. The number of carbonyl (C=O) groups excluding carboxylic acids is 1. The van der Waals surface area contributed by atoms with E-state index in [1.807, 2.05) is 0 Å². The van der Waals surface area contributed by atoms with Crippen molar-refractivity contribution < 1.29 is 4.79 Å². The van der Waals surface area contributed by atoms with E-state index in [4.69, 9.17) is 5.73 Å². The Kier molecular flexibility index (Phi) is 9.46. The third kappa shape index (κ3) is 6.13. The summed E-state index contributed by atoms with van der Waals surface area (Å²) in [5.74, 6) is 2.37. The molecule has 3 nitrogen and oxygen atoms in total. The van der Waals surface area contributed by atoms with Gasteiger partial charge >= 0.3 is 0 Å². The fourth-order valence-electron chi connectivity index (χ4n) is 3.12. The average molecular weight is 291 g/mol. The van der Waals surface area contributed by atoms with Gasteiger partial charge in [0.2, 0.25) is 5.91 Å². The summed E-state index contributed by atoms with van der Waals surface area (Å²) in [6, 6.07) is 0. The molecule has 3 atom stereocenters. The Morgan fingerprint density at radius 1 is 1.32 bits per heavy atom. The van der Waals surface area contributed by atoms with Gasteiger partial charge in [-0.15, -0.1) is 12.4 Å². The average Bonchev–Trinajstić information content (AvgIpc) is 2.34. The summed E-state index contributed by atoms with van der Waals surface area (Å²) in [5, 5.41) is 3.10. The van der Waals surface area contributed by atoms with Crippen LogP contribution in [-0.4, -0.2) is 19.0 Å². The molecule has 1 rings (SSSR count). The van der Waals surface area contributed by atoms with Crippen LogP contribution in [0.2, 0.25) is 0 Å². The predicted octanol–water partition coefficient (Wildman–Crippen LogP) is 2.97. The Balaban J connectivity index is 0.00000324. The van der Waals surface area contributed by atoms with E-state index in [1.165, 1.54) is 12.8 Å². The molecule has 0 radical (unpaired) electrons. The van der Waals surface area contributed by atoms with Gasteiger partial charge in [0.05, 0.1) is 0 Å². The fraction of sp³-hybridized carbons (Fsp3) is 0.933. The molecule has 0 spiro atoms. The first-order valence-corrected chi connectivity index (χ1v) is 7.54. The summed E-state index contributed by atoms with van der Waals surface area (Å²) < 4.78 is 0. The highest BCUT2D eigenvalue weighted by Crippen LogP contribution is 2.37. The zero-order valence-electron chi connectivity index (χ0n) is 12.7. The third-order valence-corrected chi connectivity index (χ3v) is 4.29. The molecule has 1 aliphatic rings. The first-order chi connectivity index (χ1) is 8.56. The van der Waals surface area contributed by atoms with Gasteiger partial charge in [-0.05, 0) is 50.0 Å². The van der Waals surface area contributed by atoms with E-state index >= 15 is 0 Å². The van der Waals surface area contributed by atoms with Crippen molar-refractivity contribution in [1.29, 1.82) is 0 Å². The summed E-state index contributed by atoms with van der Waals surface area (Å²) >= 11 is 0. The van der Waals surface area contributed by atoms with Crippen LogP contribution in [0.3, 0.4) is 0 Å². The van der Waals surface area contributed by atoms with Crippen LogP contribution in [0.4, 0.5) is 0 Å². The van der Waals surface area contributed by atoms with Crippen LogP contribution in [0.15, 0.2) is 0 Å². The van der Waals surface area contributed by atoms with Gasteiger partial charge in [0.15, 0.2) is 0 Å². The molecule has 3 N–H and O–H groups in total. The van der Waals surface area contributed by atoms with Crippen LogP contribution in [0.1, 0.15) is 52.9 Å². The summed E-state index contributed by atoms with van der Waals surface area (Å²) in [4.78, 5) is 12.3. The number of halogens is 1. The minimum absolute atomic E-state index is 0. The van der Waals surface area contributed by atoms with Crippen molar-refractivity contribution in [2.45, 2.75) is 52.9 Å². The maximum absolute atomic E-state index is 12.3. The molecule has 19 heavy (non-hydrogen) atoms. The molecule has 0 aromatic heterocycles. The van der Waals surface area contributed by atoms with Crippen LogP contribution in [0.5, 0.6) is 0 Å². The van der Waals surface area contributed by atoms with Crippen molar-refractivity contribution in [2.24, 2.45) is 29.4 Å². The summed E-state index contributed by atoms with van der Waals surface area (Å²) in [7, 11) is 0. The molecule has 0 unspecified atom stereocenters. The maximum Gasteiger partial charge on any atom is 0.223 e. The van der Waals surface area contributed by atoms with Gasteiger partial charge in [-0.3, -0.25) is 4.79 Å². The van der Waals surface area contributed by atoms with Crippen LogP contribution in [0, 0.1) is 23.7 Å². The molecule has 0 aliphatic heterocycles. The monoisotopic (exact) mass is 290 g/mol. The minimum Gasteiger partial charge on any atom is -0.356 e. The van der Waals surface area contributed by atoms with Crippen molar-refractivity contribution in [1.82, 2.24) is 5.32 Å². The third-order valence-electron chi connectivity index (χ3n) is 4.29. The van der Waals surface area contributed by atoms with E-state index in [2.05, 4.69) is 26.1 Å². The van der Waals surface area contributed by atoms with E-state index in [9.17, 15) is 4.79 Å². The summed E-state index contributed by atoms with van der Waals surface area (Å²) in [6.07, 6.45) is 5.54. The van der Waals surface area contributed by atoms with Crippen molar-refractivity contribution in [2.75, 3.05) is 13.1 Å². The highest BCUT2D eigenvalue weighted by atomic mass is 35.5. The molecule has 0 aromatic carbocycles.